The molecular weight excluding hydrogens is 304 g/mol. The average Bonchev–Trinajstić information content (AvgIpc) is 2.85. The molecule has 138 valence electrons. The Morgan fingerprint density at radius 2 is 1.58 bits per heavy atom. The highest BCUT2D eigenvalue weighted by Gasteiger charge is 2.61. The Labute approximate surface area is 145 Å². The largest absolute Gasteiger partial charge is 0.393 e. The molecule has 0 saturated heterocycles. The van der Waals surface area contributed by atoms with E-state index in [1.54, 1.807) is 0 Å². The maximum atomic E-state index is 11.0. The Hall–Kier alpha value is -0.160. The third kappa shape index (κ3) is 2.33. The van der Waals surface area contributed by atoms with Gasteiger partial charge in [-0.3, -0.25) is 0 Å². The molecule has 0 aromatic heterocycles. The summed E-state index contributed by atoms with van der Waals surface area (Å²) in [7, 11) is 0. The van der Waals surface area contributed by atoms with Gasteiger partial charge in [-0.15, -0.1) is 0 Å². The van der Waals surface area contributed by atoms with Gasteiger partial charge in [0.1, 0.15) is 0 Å². The maximum Gasteiger partial charge on any atom is 0.0965 e. The molecule has 0 aromatic rings. The fourth-order valence-electron chi connectivity index (χ4n) is 7.67. The van der Waals surface area contributed by atoms with E-state index in [0.717, 1.165) is 43.4 Å². The van der Waals surface area contributed by atoms with Crippen LogP contribution in [0.4, 0.5) is 0 Å². The van der Waals surface area contributed by atoms with Crippen LogP contribution in [0.15, 0.2) is 0 Å². The molecule has 4 fully saturated rings. The van der Waals surface area contributed by atoms with Gasteiger partial charge < -0.3 is 5.11 Å². The van der Waals surface area contributed by atoms with Crippen molar-refractivity contribution in [2.24, 2.45) is 40.4 Å². The highest BCUT2D eigenvalue weighted by atomic mass is 17.5. The molecule has 0 amide bonds. The number of rotatable bonds is 2. The molecule has 4 nitrogen and oxygen atoms in total. The molecule has 0 heterocycles. The molecule has 0 aliphatic heterocycles. The lowest BCUT2D eigenvalue weighted by Gasteiger charge is -2.62. The van der Waals surface area contributed by atoms with Gasteiger partial charge in [-0.05, 0) is 91.8 Å². The van der Waals surface area contributed by atoms with Crippen molar-refractivity contribution >= 4 is 0 Å². The predicted molar refractivity (Wildman–Crippen MR) is 90.9 cm³/mol. The molecule has 0 spiro atoms. The molecule has 0 aromatic carbocycles. The fraction of sp³-hybridized carbons (Fsp3) is 1.00. The van der Waals surface area contributed by atoms with Gasteiger partial charge in [0.15, 0.2) is 0 Å². The first-order valence-corrected chi connectivity index (χ1v) is 10.0. The minimum atomic E-state index is -0.236. The highest BCUT2D eigenvalue weighted by molar-refractivity contribution is 5.10. The molecule has 9 atom stereocenters. The summed E-state index contributed by atoms with van der Waals surface area (Å²) in [6.07, 6.45) is 8.84. The van der Waals surface area contributed by atoms with Gasteiger partial charge in [-0.25, -0.2) is 10.1 Å². The molecule has 2 N–H and O–H groups in total. The van der Waals surface area contributed by atoms with E-state index < -0.39 is 0 Å². The zero-order valence-electron chi connectivity index (χ0n) is 15.4. The Morgan fingerprint density at radius 1 is 0.875 bits per heavy atom. The number of hydrogen-bond acceptors (Lipinski definition) is 4. The van der Waals surface area contributed by atoms with Crippen molar-refractivity contribution in [2.75, 3.05) is 0 Å². The maximum absolute atomic E-state index is 11.0. The summed E-state index contributed by atoms with van der Waals surface area (Å²) in [5.41, 5.74) is 0.708. The minimum absolute atomic E-state index is 0.0837. The van der Waals surface area contributed by atoms with Crippen molar-refractivity contribution in [2.45, 2.75) is 84.3 Å². The van der Waals surface area contributed by atoms with Crippen molar-refractivity contribution in [3.05, 3.63) is 0 Å². The third-order valence-electron chi connectivity index (χ3n) is 9.28. The smallest absolute Gasteiger partial charge is 0.0965 e. The van der Waals surface area contributed by atoms with Gasteiger partial charge in [0.05, 0.1) is 12.2 Å². The zero-order valence-corrected chi connectivity index (χ0v) is 15.4. The highest BCUT2D eigenvalue weighted by Crippen LogP contribution is 2.67. The summed E-state index contributed by atoms with van der Waals surface area (Å²) < 4.78 is 0. The van der Waals surface area contributed by atoms with Gasteiger partial charge in [0.25, 0.3) is 0 Å². The topological polar surface area (TPSA) is 58.9 Å². The lowest BCUT2D eigenvalue weighted by Crippen LogP contribution is -2.58. The number of fused-ring (bicyclic) bond motifs is 5. The number of aliphatic hydroxyl groups is 1. The van der Waals surface area contributed by atoms with Gasteiger partial charge in [-0.2, -0.15) is 0 Å². The lowest BCUT2D eigenvalue weighted by atomic mass is 9.44. The van der Waals surface area contributed by atoms with Crippen LogP contribution in [0, 0.1) is 40.4 Å². The first-order chi connectivity index (χ1) is 11.4. The molecule has 4 saturated carbocycles. The van der Waals surface area contributed by atoms with E-state index in [1.165, 1.54) is 25.7 Å². The van der Waals surface area contributed by atoms with E-state index >= 15 is 0 Å². The van der Waals surface area contributed by atoms with Gasteiger partial charge in [0, 0.05) is 0 Å². The SMILES string of the molecule is C[C@H]1CC[C@@H]2C3C[C@H](O)[C@H]4C[C@@H](OOO)CC[C@]4(C)C3CC[C@@]21C. The second-order valence-corrected chi connectivity index (χ2v) is 9.88. The monoisotopic (exact) mass is 338 g/mol. The summed E-state index contributed by atoms with van der Waals surface area (Å²) in [5.74, 6) is 3.34. The van der Waals surface area contributed by atoms with E-state index in [9.17, 15) is 5.11 Å². The van der Waals surface area contributed by atoms with Crippen molar-refractivity contribution in [1.82, 2.24) is 0 Å². The van der Waals surface area contributed by atoms with Gasteiger partial charge in [0.2, 0.25) is 0 Å². The Kier molecular flexibility index (Phi) is 4.27. The quantitative estimate of drug-likeness (QED) is 0.578. The van der Waals surface area contributed by atoms with E-state index in [4.69, 9.17) is 10.1 Å². The average molecular weight is 338 g/mol. The molecule has 0 bridgehead atoms. The fourth-order valence-corrected chi connectivity index (χ4v) is 7.67. The van der Waals surface area contributed by atoms with Gasteiger partial charge >= 0.3 is 0 Å². The van der Waals surface area contributed by atoms with E-state index in [2.05, 4.69) is 25.8 Å². The Balaban J connectivity index is 1.60. The second-order valence-electron chi connectivity index (χ2n) is 9.88. The Bertz CT molecular complexity index is 482. The molecular formula is C20H34O4. The lowest BCUT2D eigenvalue weighted by molar-refractivity contribution is -0.510. The van der Waals surface area contributed by atoms with Crippen LogP contribution in [-0.4, -0.2) is 22.6 Å². The molecule has 24 heavy (non-hydrogen) atoms. The molecule has 4 aliphatic carbocycles. The summed E-state index contributed by atoms with van der Waals surface area (Å²) in [6, 6.07) is 0. The van der Waals surface area contributed by atoms with Crippen LogP contribution in [0.1, 0.15) is 72.1 Å². The second kappa shape index (κ2) is 5.94. The predicted octanol–water partition coefficient (Wildman–Crippen LogP) is 4.43. The van der Waals surface area contributed by atoms with Gasteiger partial charge in [-0.1, -0.05) is 25.8 Å². The van der Waals surface area contributed by atoms with Crippen molar-refractivity contribution < 1.29 is 20.3 Å². The van der Waals surface area contributed by atoms with Crippen LogP contribution in [0.2, 0.25) is 0 Å². The number of hydrogen-bond donors (Lipinski definition) is 2. The first kappa shape index (κ1) is 17.3. The number of aliphatic hydroxyl groups excluding tert-OH is 1. The summed E-state index contributed by atoms with van der Waals surface area (Å²) in [5, 5.41) is 23.5. The van der Waals surface area contributed by atoms with Crippen molar-refractivity contribution in [1.29, 1.82) is 0 Å². The zero-order chi connectivity index (χ0) is 17.1. The van der Waals surface area contributed by atoms with Crippen LogP contribution in [-0.2, 0) is 9.93 Å². The normalized spacial score (nSPS) is 57.1. The van der Waals surface area contributed by atoms with E-state index in [1.807, 2.05) is 0 Å². The summed E-state index contributed by atoms with van der Waals surface area (Å²) in [4.78, 5) is 5.01. The van der Waals surface area contributed by atoms with Crippen LogP contribution >= 0.6 is 0 Å². The summed E-state index contributed by atoms with van der Waals surface area (Å²) in [6.45, 7) is 7.39. The van der Waals surface area contributed by atoms with E-state index in [-0.39, 0.29) is 23.5 Å². The van der Waals surface area contributed by atoms with Crippen LogP contribution in [0.25, 0.3) is 0 Å². The van der Waals surface area contributed by atoms with E-state index in [0.29, 0.717) is 11.3 Å². The molecule has 2 unspecified atom stereocenters. The third-order valence-corrected chi connectivity index (χ3v) is 9.28. The molecule has 0 radical (unpaired) electrons. The standard InChI is InChI=1S/C20H34O4/c1-12-4-5-15-14-11-18(21)17-10-13(23-24-22)6-8-20(17,3)16(14)7-9-19(12,15)2/h12-18,21-22H,4-11H2,1-3H3/t12-,13-,14?,15+,16?,17+,18-,19+,20+/m0/s1. The summed E-state index contributed by atoms with van der Waals surface area (Å²) >= 11 is 0. The van der Waals surface area contributed by atoms with Crippen molar-refractivity contribution in [3.8, 4) is 0 Å². The van der Waals surface area contributed by atoms with Crippen LogP contribution in [0.3, 0.4) is 0 Å². The Morgan fingerprint density at radius 3 is 2.33 bits per heavy atom. The van der Waals surface area contributed by atoms with Crippen molar-refractivity contribution in [3.63, 3.8) is 0 Å². The van der Waals surface area contributed by atoms with Crippen LogP contribution < -0.4 is 0 Å². The minimum Gasteiger partial charge on any atom is -0.393 e. The molecule has 4 aliphatic rings. The molecule has 4 rings (SSSR count). The molecule has 4 heteroatoms. The first-order valence-electron chi connectivity index (χ1n) is 10.0. The van der Waals surface area contributed by atoms with Crippen LogP contribution in [0.5, 0.6) is 0 Å².